The van der Waals surface area contributed by atoms with Gasteiger partial charge in [0.15, 0.2) is 0 Å². The first-order valence-corrected chi connectivity index (χ1v) is 7.17. The summed E-state index contributed by atoms with van der Waals surface area (Å²) in [6.07, 6.45) is 0. The Balaban J connectivity index is 2.33. The van der Waals surface area contributed by atoms with Gasteiger partial charge in [0.05, 0.1) is 5.56 Å². The molecule has 0 radical (unpaired) electrons. The van der Waals surface area contributed by atoms with E-state index in [1.807, 2.05) is 24.8 Å². The predicted octanol–water partition coefficient (Wildman–Crippen LogP) is 4.47. The van der Waals surface area contributed by atoms with Crippen molar-refractivity contribution in [2.45, 2.75) is 18.7 Å². The van der Waals surface area contributed by atoms with E-state index in [9.17, 15) is 4.79 Å². The molecule has 0 amide bonds. The fourth-order valence-corrected chi connectivity index (χ4v) is 2.68. The first kappa shape index (κ1) is 13.7. The lowest BCUT2D eigenvalue weighted by Crippen LogP contribution is -1.97. The summed E-state index contributed by atoms with van der Waals surface area (Å²) in [5.41, 5.74) is 3.52. The van der Waals surface area contributed by atoms with Crippen molar-refractivity contribution in [1.29, 1.82) is 0 Å². The molecule has 2 aromatic rings. The maximum absolute atomic E-state index is 10.9. The van der Waals surface area contributed by atoms with Crippen LogP contribution in [0.1, 0.15) is 22.8 Å². The number of hydrogen-bond donors (Lipinski definition) is 1. The number of aryl methyl sites for hydroxylation is 1. The highest BCUT2D eigenvalue weighted by molar-refractivity contribution is 7.99. The fraction of sp³-hybridized carbons (Fsp3) is 0.188. The lowest BCUT2D eigenvalue weighted by Gasteiger charge is -2.08. The highest BCUT2D eigenvalue weighted by Gasteiger charge is 2.07. The number of benzene rings is 2. The zero-order valence-corrected chi connectivity index (χ0v) is 11.8. The number of hydrogen-bond acceptors (Lipinski definition) is 2. The molecule has 0 aliphatic carbocycles. The molecule has 0 heterocycles. The number of thioether (sulfide) groups is 1. The maximum atomic E-state index is 10.9. The predicted molar refractivity (Wildman–Crippen MR) is 80.0 cm³/mol. The van der Waals surface area contributed by atoms with Gasteiger partial charge >= 0.3 is 5.97 Å². The molecule has 2 aromatic carbocycles. The van der Waals surface area contributed by atoms with Gasteiger partial charge in [-0.05, 0) is 53.6 Å². The SMILES string of the molecule is CCSc1ccc(-c2ccc(C(=O)O)cc2C)cc1. The largest absolute Gasteiger partial charge is 0.478 e. The second-order valence-corrected chi connectivity index (χ2v) is 5.63. The van der Waals surface area contributed by atoms with Gasteiger partial charge in [0.1, 0.15) is 0 Å². The molecule has 0 atom stereocenters. The minimum atomic E-state index is -0.885. The molecule has 19 heavy (non-hydrogen) atoms. The molecule has 0 aromatic heterocycles. The minimum absolute atomic E-state index is 0.333. The molecule has 98 valence electrons. The zero-order chi connectivity index (χ0) is 13.8. The lowest BCUT2D eigenvalue weighted by molar-refractivity contribution is 0.0697. The number of carboxylic acid groups (broad SMARTS) is 1. The smallest absolute Gasteiger partial charge is 0.335 e. The number of carbonyl (C=O) groups is 1. The Morgan fingerprint density at radius 3 is 2.37 bits per heavy atom. The summed E-state index contributed by atoms with van der Waals surface area (Å²) in [5.74, 6) is 0.176. The van der Waals surface area contributed by atoms with Gasteiger partial charge in [0.25, 0.3) is 0 Å². The minimum Gasteiger partial charge on any atom is -0.478 e. The summed E-state index contributed by atoms with van der Waals surface area (Å²) in [5, 5.41) is 8.96. The molecule has 3 heteroatoms. The van der Waals surface area contributed by atoms with E-state index < -0.39 is 5.97 Å². The van der Waals surface area contributed by atoms with E-state index in [1.165, 1.54) is 4.90 Å². The summed E-state index contributed by atoms with van der Waals surface area (Å²) >= 11 is 1.81. The maximum Gasteiger partial charge on any atom is 0.335 e. The highest BCUT2D eigenvalue weighted by Crippen LogP contribution is 2.27. The Hall–Kier alpha value is -1.74. The third-order valence-electron chi connectivity index (χ3n) is 2.95. The fourth-order valence-electron chi connectivity index (χ4n) is 2.02. The number of rotatable bonds is 4. The van der Waals surface area contributed by atoms with Crippen LogP contribution in [0.5, 0.6) is 0 Å². The second kappa shape index (κ2) is 5.93. The molecule has 0 aliphatic rings. The van der Waals surface area contributed by atoms with Crippen LogP contribution >= 0.6 is 11.8 Å². The molecule has 0 fully saturated rings. The van der Waals surface area contributed by atoms with Gasteiger partial charge in [-0.2, -0.15) is 0 Å². The van der Waals surface area contributed by atoms with Crippen LogP contribution in [0.2, 0.25) is 0 Å². The topological polar surface area (TPSA) is 37.3 Å². The first-order valence-electron chi connectivity index (χ1n) is 6.19. The zero-order valence-electron chi connectivity index (χ0n) is 11.0. The van der Waals surface area contributed by atoms with Crippen molar-refractivity contribution in [3.63, 3.8) is 0 Å². The molecular weight excluding hydrogens is 256 g/mol. The van der Waals surface area contributed by atoms with E-state index in [0.29, 0.717) is 5.56 Å². The lowest BCUT2D eigenvalue weighted by atomic mass is 9.98. The Morgan fingerprint density at radius 2 is 1.84 bits per heavy atom. The number of carboxylic acids is 1. The van der Waals surface area contributed by atoms with Crippen LogP contribution in [0, 0.1) is 6.92 Å². The molecule has 0 unspecified atom stereocenters. The molecule has 0 spiro atoms. The molecule has 1 N–H and O–H groups in total. The van der Waals surface area contributed by atoms with Crippen LogP contribution in [-0.4, -0.2) is 16.8 Å². The van der Waals surface area contributed by atoms with Crippen LogP contribution < -0.4 is 0 Å². The van der Waals surface area contributed by atoms with E-state index in [2.05, 4.69) is 31.2 Å². The van der Waals surface area contributed by atoms with Gasteiger partial charge in [-0.15, -0.1) is 11.8 Å². The van der Waals surface area contributed by atoms with Gasteiger partial charge in [0, 0.05) is 4.90 Å². The van der Waals surface area contributed by atoms with Crippen molar-refractivity contribution < 1.29 is 9.90 Å². The van der Waals surface area contributed by atoms with E-state index >= 15 is 0 Å². The summed E-state index contributed by atoms with van der Waals surface area (Å²) in [7, 11) is 0. The highest BCUT2D eigenvalue weighted by atomic mass is 32.2. The second-order valence-electron chi connectivity index (χ2n) is 4.29. The Labute approximate surface area is 117 Å². The van der Waals surface area contributed by atoms with Crippen molar-refractivity contribution in [3.8, 4) is 11.1 Å². The van der Waals surface area contributed by atoms with Crippen LogP contribution in [0.3, 0.4) is 0 Å². The van der Waals surface area contributed by atoms with E-state index in [-0.39, 0.29) is 0 Å². The quantitative estimate of drug-likeness (QED) is 0.834. The van der Waals surface area contributed by atoms with Crippen LogP contribution in [-0.2, 0) is 0 Å². The molecule has 0 saturated heterocycles. The molecule has 0 saturated carbocycles. The van der Waals surface area contributed by atoms with Gasteiger partial charge in [-0.3, -0.25) is 0 Å². The van der Waals surface area contributed by atoms with Crippen LogP contribution in [0.25, 0.3) is 11.1 Å². The Kier molecular flexibility index (Phi) is 4.27. The standard InChI is InChI=1S/C16H16O2S/c1-3-19-14-7-4-12(5-8-14)15-9-6-13(16(17)18)10-11(15)2/h4-10H,3H2,1-2H3,(H,17,18). The summed E-state index contributed by atoms with van der Waals surface area (Å²) in [4.78, 5) is 12.2. The summed E-state index contributed by atoms with van der Waals surface area (Å²) in [6, 6.07) is 13.6. The van der Waals surface area contributed by atoms with Crippen molar-refractivity contribution >= 4 is 17.7 Å². The van der Waals surface area contributed by atoms with Crippen LogP contribution in [0.15, 0.2) is 47.4 Å². The average molecular weight is 272 g/mol. The molecule has 0 bridgehead atoms. The van der Waals surface area contributed by atoms with Crippen molar-refractivity contribution in [2.75, 3.05) is 5.75 Å². The third kappa shape index (κ3) is 3.18. The molecular formula is C16H16O2S. The van der Waals surface area contributed by atoms with Gasteiger partial charge in [-0.25, -0.2) is 4.79 Å². The Bertz CT molecular complexity index is 588. The van der Waals surface area contributed by atoms with Crippen molar-refractivity contribution in [3.05, 3.63) is 53.6 Å². The van der Waals surface area contributed by atoms with Gasteiger partial charge < -0.3 is 5.11 Å². The van der Waals surface area contributed by atoms with Crippen molar-refractivity contribution in [1.82, 2.24) is 0 Å². The Morgan fingerprint density at radius 1 is 1.16 bits per heavy atom. The van der Waals surface area contributed by atoms with E-state index in [4.69, 9.17) is 5.11 Å². The first-order chi connectivity index (χ1) is 9.11. The summed E-state index contributed by atoms with van der Waals surface area (Å²) < 4.78 is 0. The van der Waals surface area contributed by atoms with Gasteiger partial charge in [-0.1, -0.05) is 25.1 Å². The van der Waals surface area contributed by atoms with Gasteiger partial charge in [0.2, 0.25) is 0 Å². The van der Waals surface area contributed by atoms with E-state index in [1.54, 1.807) is 12.1 Å². The van der Waals surface area contributed by atoms with Crippen LogP contribution in [0.4, 0.5) is 0 Å². The number of aromatic carboxylic acids is 1. The monoisotopic (exact) mass is 272 g/mol. The molecule has 2 nitrogen and oxygen atoms in total. The third-order valence-corrected chi connectivity index (χ3v) is 3.84. The van der Waals surface area contributed by atoms with Crippen molar-refractivity contribution in [2.24, 2.45) is 0 Å². The average Bonchev–Trinajstić information content (AvgIpc) is 2.40. The molecule has 0 aliphatic heterocycles. The molecule has 2 rings (SSSR count). The van der Waals surface area contributed by atoms with E-state index in [0.717, 1.165) is 22.4 Å². The summed E-state index contributed by atoms with van der Waals surface area (Å²) in [6.45, 7) is 4.07. The normalized spacial score (nSPS) is 10.4.